The Morgan fingerprint density at radius 2 is 1.96 bits per heavy atom. The molecule has 0 heterocycles. The monoisotopic (exact) mass is 333 g/mol. The second-order valence-electron chi connectivity index (χ2n) is 5.35. The van der Waals surface area contributed by atoms with Crippen LogP contribution in [0.2, 0.25) is 0 Å². The van der Waals surface area contributed by atoms with Crippen molar-refractivity contribution in [2.45, 2.75) is 40.5 Å². The summed E-state index contributed by atoms with van der Waals surface area (Å²) in [7, 11) is 0. The third-order valence-corrected chi connectivity index (χ3v) is 2.70. The Bertz CT molecular complexity index is 528. The Hall–Kier alpha value is -1.92. The van der Waals surface area contributed by atoms with Crippen LogP contribution in [0.4, 0.5) is 13.2 Å². The molecular formula is C16H22F3NO3. The maximum absolute atomic E-state index is 13.1. The maximum Gasteiger partial charge on any atom is 0.419 e. The molecule has 4 nitrogen and oxygen atoms in total. The van der Waals surface area contributed by atoms with E-state index in [1.165, 1.54) is 12.1 Å². The molecule has 1 aromatic carbocycles. The van der Waals surface area contributed by atoms with E-state index in [4.69, 9.17) is 14.3 Å². The zero-order valence-electron chi connectivity index (χ0n) is 13.7. The summed E-state index contributed by atoms with van der Waals surface area (Å²) in [6.07, 6.45) is -4.49. The topological polar surface area (TPSA) is 40.0 Å². The zero-order chi connectivity index (χ0) is 17.5. The molecule has 0 aliphatic heterocycles. The van der Waals surface area contributed by atoms with Gasteiger partial charge in [0.15, 0.2) is 0 Å². The molecule has 0 saturated carbocycles. The van der Waals surface area contributed by atoms with Crippen molar-refractivity contribution in [3.05, 3.63) is 29.3 Å². The molecule has 0 aliphatic carbocycles. The summed E-state index contributed by atoms with van der Waals surface area (Å²) < 4.78 is 49.7. The van der Waals surface area contributed by atoms with E-state index in [2.05, 4.69) is 5.16 Å². The summed E-state index contributed by atoms with van der Waals surface area (Å²) in [5, 5.41) is 3.66. The fraction of sp³-hybridized carbons (Fsp3) is 0.562. The van der Waals surface area contributed by atoms with Crippen molar-refractivity contribution in [1.82, 2.24) is 0 Å². The van der Waals surface area contributed by atoms with E-state index in [-0.39, 0.29) is 24.9 Å². The SMILES string of the molecule is CCO/C(C)=N/OCc1ccc(OCC(C)C)c(C(F)(F)F)c1. The molecule has 130 valence electrons. The number of nitrogens with zero attached hydrogens (tertiary/aromatic N) is 1. The molecule has 0 bridgehead atoms. The Labute approximate surface area is 134 Å². The Kier molecular flexibility index (Phi) is 7.19. The first kappa shape index (κ1) is 19.1. The van der Waals surface area contributed by atoms with Gasteiger partial charge in [0.2, 0.25) is 5.90 Å². The average Bonchev–Trinajstić information content (AvgIpc) is 2.45. The number of ether oxygens (including phenoxy) is 2. The van der Waals surface area contributed by atoms with E-state index >= 15 is 0 Å². The molecule has 0 spiro atoms. The molecule has 0 N–H and O–H groups in total. The summed E-state index contributed by atoms with van der Waals surface area (Å²) >= 11 is 0. The van der Waals surface area contributed by atoms with E-state index in [0.717, 1.165) is 6.07 Å². The summed E-state index contributed by atoms with van der Waals surface area (Å²) in [6.45, 7) is 7.72. The van der Waals surface area contributed by atoms with Crippen LogP contribution in [0.15, 0.2) is 23.4 Å². The third-order valence-electron chi connectivity index (χ3n) is 2.70. The highest BCUT2D eigenvalue weighted by molar-refractivity contribution is 5.72. The second-order valence-corrected chi connectivity index (χ2v) is 5.35. The molecular weight excluding hydrogens is 311 g/mol. The number of hydrogen-bond donors (Lipinski definition) is 0. The predicted molar refractivity (Wildman–Crippen MR) is 81.3 cm³/mol. The van der Waals surface area contributed by atoms with E-state index in [9.17, 15) is 13.2 Å². The highest BCUT2D eigenvalue weighted by Gasteiger charge is 2.34. The van der Waals surface area contributed by atoms with Gasteiger partial charge in [0.05, 0.1) is 18.8 Å². The van der Waals surface area contributed by atoms with E-state index in [0.29, 0.717) is 18.1 Å². The molecule has 23 heavy (non-hydrogen) atoms. The van der Waals surface area contributed by atoms with Gasteiger partial charge in [-0.1, -0.05) is 25.1 Å². The van der Waals surface area contributed by atoms with Gasteiger partial charge < -0.3 is 14.3 Å². The molecule has 7 heteroatoms. The lowest BCUT2D eigenvalue weighted by Crippen LogP contribution is -2.12. The molecule has 0 atom stereocenters. The lowest BCUT2D eigenvalue weighted by Gasteiger charge is -2.16. The van der Waals surface area contributed by atoms with Crippen molar-refractivity contribution in [3.63, 3.8) is 0 Å². The fourth-order valence-electron chi connectivity index (χ4n) is 1.70. The lowest BCUT2D eigenvalue weighted by atomic mass is 10.1. The standard InChI is InChI=1S/C16H22F3NO3/c1-5-21-12(4)20-23-10-13-6-7-15(22-9-11(2)3)14(8-13)16(17,18)19/h6-8,11H,5,9-10H2,1-4H3/b20-12+. The smallest absolute Gasteiger partial charge is 0.419 e. The van der Waals surface area contributed by atoms with Gasteiger partial charge in [0.25, 0.3) is 0 Å². The van der Waals surface area contributed by atoms with Crippen LogP contribution in [0, 0.1) is 5.92 Å². The molecule has 1 rings (SSSR count). The van der Waals surface area contributed by atoms with Crippen molar-refractivity contribution >= 4 is 5.90 Å². The fourth-order valence-corrected chi connectivity index (χ4v) is 1.70. The molecule has 0 fully saturated rings. The predicted octanol–water partition coefficient (Wildman–Crippen LogP) is 4.63. The Balaban J connectivity index is 2.85. The van der Waals surface area contributed by atoms with Gasteiger partial charge in [0, 0.05) is 6.92 Å². The van der Waals surface area contributed by atoms with E-state index in [1.54, 1.807) is 13.8 Å². The van der Waals surface area contributed by atoms with Crippen molar-refractivity contribution < 1.29 is 27.5 Å². The normalized spacial score (nSPS) is 12.4. The number of oxime groups is 1. The summed E-state index contributed by atoms with van der Waals surface area (Å²) in [5.41, 5.74) is -0.466. The average molecular weight is 333 g/mol. The largest absolute Gasteiger partial charge is 0.493 e. The number of rotatable bonds is 7. The van der Waals surface area contributed by atoms with Gasteiger partial charge in [-0.05, 0) is 30.5 Å². The number of hydrogen-bond acceptors (Lipinski definition) is 4. The molecule has 0 radical (unpaired) electrons. The van der Waals surface area contributed by atoms with Crippen LogP contribution >= 0.6 is 0 Å². The van der Waals surface area contributed by atoms with Crippen LogP contribution in [0.5, 0.6) is 5.75 Å². The maximum atomic E-state index is 13.1. The first-order chi connectivity index (χ1) is 10.7. The second kappa shape index (κ2) is 8.64. The van der Waals surface area contributed by atoms with Crippen LogP contribution in [0.25, 0.3) is 0 Å². The van der Waals surface area contributed by atoms with E-state index < -0.39 is 11.7 Å². The van der Waals surface area contributed by atoms with Gasteiger partial charge in [-0.15, -0.1) is 0 Å². The number of alkyl halides is 3. The zero-order valence-corrected chi connectivity index (χ0v) is 13.7. The Morgan fingerprint density at radius 1 is 1.26 bits per heavy atom. The quantitative estimate of drug-likeness (QED) is 0.415. The van der Waals surface area contributed by atoms with Crippen LogP contribution in [-0.2, 0) is 22.4 Å². The van der Waals surface area contributed by atoms with Crippen LogP contribution in [0.1, 0.15) is 38.8 Å². The molecule has 0 aromatic heterocycles. The lowest BCUT2D eigenvalue weighted by molar-refractivity contribution is -0.139. The van der Waals surface area contributed by atoms with Gasteiger partial charge in [-0.2, -0.15) is 13.2 Å². The molecule has 0 unspecified atom stereocenters. The van der Waals surface area contributed by atoms with E-state index in [1.807, 2.05) is 13.8 Å². The first-order valence-corrected chi connectivity index (χ1v) is 7.36. The van der Waals surface area contributed by atoms with Crippen molar-refractivity contribution in [2.24, 2.45) is 11.1 Å². The highest BCUT2D eigenvalue weighted by atomic mass is 19.4. The van der Waals surface area contributed by atoms with Gasteiger partial charge in [-0.25, -0.2) is 0 Å². The van der Waals surface area contributed by atoms with Gasteiger partial charge >= 0.3 is 6.18 Å². The third kappa shape index (κ3) is 6.80. The first-order valence-electron chi connectivity index (χ1n) is 7.36. The molecule has 0 amide bonds. The van der Waals surface area contributed by atoms with Crippen LogP contribution in [-0.4, -0.2) is 19.1 Å². The van der Waals surface area contributed by atoms with Crippen molar-refractivity contribution in [2.75, 3.05) is 13.2 Å². The van der Waals surface area contributed by atoms with Gasteiger partial charge in [0.1, 0.15) is 12.4 Å². The minimum absolute atomic E-state index is 0.0854. The summed E-state index contributed by atoms with van der Waals surface area (Å²) in [4.78, 5) is 4.99. The summed E-state index contributed by atoms with van der Waals surface area (Å²) in [6, 6.07) is 3.85. The van der Waals surface area contributed by atoms with Gasteiger partial charge in [-0.3, -0.25) is 0 Å². The van der Waals surface area contributed by atoms with Crippen LogP contribution < -0.4 is 4.74 Å². The number of benzene rings is 1. The molecule has 0 aliphatic rings. The van der Waals surface area contributed by atoms with Crippen LogP contribution in [0.3, 0.4) is 0 Å². The minimum atomic E-state index is -4.49. The summed E-state index contributed by atoms with van der Waals surface area (Å²) in [5.74, 6) is 0.277. The van der Waals surface area contributed by atoms with Crippen molar-refractivity contribution in [1.29, 1.82) is 0 Å². The number of halogens is 3. The Morgan fingerprint density at radius 3 is 2.52 bits per heavy atom. The molecule has 0 saturated heterocycles. The van der Waals surface area contributed by atoms with Crippen molar-refractivity contribution in [3.8, 4) is 5.75 Å². The molecule has 1 aromatic rings. The minimum Gasteiger partial charge on any atom is -0.493 e. The highest BCUT2D eigenvalue weighted by Crippen LogP contribution is 2.37.